The zero-order valence-electron chi connectivity index (χ0n) is 9.10. The van der Waals surface area contributed by atoms with Crippen LogP contribution in [0.3, 0.4) is 0 Å². The van der Waals surface area contributed by atoms with Gasteiger partial charge < -0.3 is 11.1 Å². The summed E-state index contributed by atoms with van der Waals surface area (Å²) in [4.78, 5) is 10.6. The molecule has 0 aliphatic carbocycles. The summed E-state index contributed by atoms with van der Waals surface area (Å²) in [6.45, 7) is 2.94. The molecule has 5 heteroatoms. The summed E-state index contributed by atoms with van der Waals surface area (Å²) < 4.78 is 0. The Morgan fingerprint density at radius 2 is 2.12 bits per heavy atom. The van der Waals surface area contributed by atoms with Gasteiger partial charge in [-0.2, -0.15) is 4.98 Å². The predicted molar refractivity (Wildman–Crippen MR) is 67.5 cm³/mol. The number of aromatic nitrogens is 2. The van der Waals surface area contributed by atoms with Crippen molar-refractivity contribution >= 4 is 23.1 Å². The molecular weight excluding hydrogens is 220 g/mol. The highest BCUT2D eigenvalue weighted by molar-refractivity contribution is 7.12. The number of rotatable bonds is 4. The molecule has 4 nitrogen and oxygen atoms in total. The summed E-state index contributed by atoms with van der Waals surface area (Å²) in [5.41, 5.74) is 5.49. The highest BCUT2D eigenvalue weighted by atomic mass is 32.1. The third-order valence-electron chi connectivity index (χ3n) is 2.18. The number of nitrogens with one attached hydrogen (secondary N) is 1. The molecule has 2 aromatic rings. The van der Waals surface area contributed by atoms with Crippen LogP contribution in [0, 0.1) is 0 Å². The van der Waals surface area contributed by atoms with Gasteiger partial charge in [0, 0.05) is 16.0 Å². The second-order valence-corrected chi connectivity index (χ2v) is 4.63. The van der Waals surface area contributed by atoms with Gasteiger partial charge in [0.15, 0.2) is 0 Å². The van der Waals surface area contributed by atoms with Crippen LogP contribution in [0.1, 0.15) is 16.7 Å². The third-order valence-corrected chi connectivity index (χ3v) is 3.41. The van der Waals surface area contributed by atoms with Crippen molar-refractivity contribution in [1.29, 1.82) is 0 Å². The van der Waals surface area contributed by atoms with Gasteiger partial charge in [-0.15, -0.1) is 11.3 Å². The number of hydrogen-bond donors (Lipinski definition) is 2. The second kappa shape index (κ2) is 4.94. The van der Waals surface area contributed by atoms with Crippen LogP contribution in [0.15, 0.2) is 24.4 Å². The standard InChI is InChI=1S/C11H14N4S/c1-2-8-3-4-9(16-8)7-14-10-5-6-13-11(12)15-10/h3-6H,2,7H2,1H3,(H3,12,13,14,15). The number of aryl methyl sites for hydroxylation is 1. The number of hydrogen-bond acceptors (Lipinski definition) is 5. The summed E-state index contributed by atoms with van der Waals surface area (Å²) >= 11 is 1.82. The minimum atomic E-state index is 0.297. The van der Waals surface area contributed by atoms with Crippen LogP contribution in [0.2, 0.25) is 0 Å². The highest BCUT2D eigenvalue weighted by Crippen LogP contribution is 2.17. The Morgan fingerprint density at radius 1 is 1.31 bits per heavy atom. The molecule has 3 N–H and O–H groups in total. The lowest BCUT2D eigenvalue weighted by Crippen LogP contribution is -2.02. The van der Waals surface area contributed by atoms with Crippen molar-refractivity contribution in [2.24, 2.45) is 0 Å². The lowest BCUT2D eigenvalue weighted by Gasteiger charge is -2.03. The Bertz CT molecular complexity index is 467. The van der Waals surface area contributed by atoms with Gasteiger partial charge in [-0.25, -0.2) is 4.98 Å². The molecule has 0 atom stereocenters. The van der Waals surface area contributed by atoms with E-state index in [9.17, 15) is 0 Å². The number of thiophene rings is 1. The van der Waals surface area contributed by atoms with E-state index >= 15 is 0 Å². The zero-order valence-corrected chi connectivity index (χ0v) is 9.92. The number of nitrogen functional groups attached to an aromatic ring is 1. The molecule has 0 aliphatic rings. The fourth-order valence-electron chi connectivity index (χ4n) is 1.36. The highest BCUT2D eigenvalue weighted by Gasteiger charge is 1.99. The fourth-order valence-corrected chi connectivity index (χ4v) is 2.25. The van der Waals surface area contributed by atoms with Crippen molar-refractivity contribution < 1.29 is 0 Å². The maximum absolute atomic E-state index is 5.49. The van der Waals surface area contributed by atoms with Crippen LogP contribution in [0.4, 0.5) is 11.8 Å². The molecule has 0 bridgehead atoms. The van der Waals surface area contributed by atoms with Gasteiger partial charge in [-0.1, -0.05) is 6.92 Å². The van der Waals surface area contributed by atoms with Gasteiger partial charge in [0.25, 0.3) is 0 Å². The Labute approximate surface area is 98.6 Å². The first-order valence-corrected chi connectivity index (χ1v) is 5.99. The van der Waals surface area contributed by atoms with Crippen molar-refractivity contribution in [1.82, 2.24) is 9.97 Å². The molecule has 84 valence electrons. The zero-order chi connectivity index (χ0) is 11.4. The Balaban J connectivity index is 1.96. The summed E-state index contributed by atoms with van der Waals surface area (Å²) in [5, 5.41) is 3.22. The van der Waals surface area contributed by atoms with E-state index < -0.39 is 0 Å². The summed E-state index contributed by atoms with van der Waals surface area (Å²) in [6.07, 6.45) is 2.74. The van der Waals surface area contributed by atoms with E-state index in [0.29, 0.717) is 5.95 Å². The molecule has 0 fully saturated rings. The molecule has 2 rings (SSSR count). The number of nitrogens with two attached hydrogens (primary N) is 1. The van der Waals surface area contributed by atoms with E-state index in [2.05, 4.69) is 34.3 Å². The molecule has 0 spiro atoms. The summed E-state index contributed by atoms with van der Waals surface area (Å²) in [5.74, 6) is 1.06. The van der Waals surface area contributed by atoms with Gasteiger partial charge in [-0.05, 0) is 24.6 Å². The largest absolute Gasteiger partial charge is 0.368 e. The van der Waals surface area contributed by atoms with Gasteiger partial charge in [0.1, 0.15) is 5.82 Å². The third kappa shape index (κ3) is 2.70. The van der Waals surface area contributed by atoms with Crippen LogP contribution in [-0.4, -0.2) is 9.97 Å². The average Bonchev–Trinajstić information content (AvgIpc) is 2.74. The van der Waals surface area contributed by atoms with E-state index in [1.165, 1.54) is 9.75 Å². The summed E-state index contributed by atoms with van der Waals surface area (Å²) in [6, 6.07) is 6.11. The van der Waals surface area contributed by atoms with E-state index in [1.54, 1.807) is 6.20 Å². The van der Waals surface area contributed by atoms with Crippen LogP contribution in [0.5, 0.6) is 0 Å². The molecule has 0 amide bonds. The first-order valence-electron chi connectivity index (χ1n) is 5.18. The van der Waals surface area contributed by atoms with Crippen molar-refractivity contribution in [2.45, 2.75) is 19.9 Å². The monoisotopic (exact) mass is 234 g/mol. The minimum Gasteiger partial charge on any atom is -0.368 e. The fraction of sp³-hybridized carbons (Fsp3) is 0.273. The Kier molecular flexibility index (Phi) is 3.36. The molecule has 2 aromatic heterocycles. The molecule has 0 unspecified atom stereocenters. The molecule has 0 saturated carbocycles. The van der Waals surface area contributed by atoms with Crippen molar-refractivity contribution in [2.75, 3.05) is 11.1 Å². The minimum absolute atomic E-state index is 0.297. The lowest BCUT2D eigenvalue weighted by molar-refractivity contribution is 1.11. The van der Waals surface area contributed by atoms with Crippen LogP contribution < -0.4 is 11.1 Å². The van der Waals surface area contributed by atoms with E-state index in [-0.39, 0.29) is 0 Å². The van der Waals surface area contributed by atoms with Crippen LogP contribution >= 0.6 is 11.3 Å². The molecule has 2 heterocycles. The SMILES string of the molecule is CCc1ccc(CNc2ccnc(N)n2)s1. The van der Waals surface area contributed by atoms with Crippen molar-refractivity contribution in [3.8, 4) is 0 Å². The normalized spacial score (nSPS) is 10.3. The van der Waals surface area contributed by atoms with E-state index in [1.807, 2.05) is 17.4 Å². The van der Waals surface area contributed by atoms with Crippen molar-refractivity contribution in [3.63, 3.8) is 0 Å². The molecule has 16 heavy (non-hydrogen) atoms. The maximum Gasteiger partial charge on any atom is 0.221 e. The van der Waals surface area contributed by atoms with Gasteiger partial charge in [-0.3, -0.25) is 0 Å². The maximum atomic E-state index is 5.49. The Morgan fingerprint density at radius 3 is 2.81 bits per heavy atom. The average molecular weight is 234 g/mol. The van der Waals surface area contributed by atoms with Crippen LogP contribution in [-0.2, 0) is 13.0 Å². The first-order chi connectivity index (χ1) is 7.78. The van der Waals surface area contributed by atoms with Crippen molar-refractivity contribution in [3.05, 3.63) is 34.2 Å². The van der Waals surface area contributed by atoms with E-state index in [0.717, 1.165) is 18.8 Å². The molecule has 0 aromatic carbocycles. The van der Waals surface area contributed by atoms with Gasteiger partial charge in [0.2, 0.25) is 5.95 Å². The molecule has 0 radical (unpaired) electrons. The number of anilines is 2. The topological polar surface area (TPSA) is 63.8 Å². The smallest absolute Gasteiger partial charge is 0.221 e. The van der Waals surface area contributed by atoms with Crippen LogP contribution in [0.25, 0.3) is 0 Å². The Hall–Kier alpha value is -1.62. The number of nitrogens with zero attached hydrogens (tertiary/aromatic N) is 2. The van der Waals surface area contributed by atoms with Gasteiger partial charge >= 0.3 is 0 Å². The first kappa shape index (κ1) is 10.9. The van der Waals surface area contributed by atoms with E-state index in [4.69, 9.17) is 5.73 Å². The molecule has 0 saturated heterocycles. The van der Waals surface area contributed by atoms with Gasteiger partial charge in [0.05, 0.1) is 6.54 Å². The molecular formula is C11H14N4S. The predicted octanol–water partition coefficient (Wildman–Crippen LogP) is 2.29. The molecule has 0 aliphatic heterocycles. The quantitative estimate of drug-likeness (QED) is 0.852. The second-order valence-electron chi connectivity index (χ2n) is 3.38. The lowest BCUT2D eigenvalue weighted by atomic mass is 10.3. The summed E-state index contributed by atoms with van der Waals surface area (Å²) in [7, 11) is 0.